The highest BCUT2D eigenvalue weighted by molar-refractivity contribution is 6.10. The van der Waals surface area contributed by atoms with Crippen LogP contribution < -0.4 is 9.64 Å². The van der Waals surface area contributed by atoms with Gasteiger partial charge in [-0.25, -0.2) is 0 Å². The molecule has 25 heavy (non-hydrogen) atoms. The molecule has 0 spiro atoms. The Morgan fingerprint density at radius 3 is 2.56 bits per heavy atom. The van der Waals surface area contributed by atoms with Gasteiger partial charge in [-0.05, 0) is 42.0 Å². The fraction of sp³-hybridized carbons (Fsp3) is 0.286. The maximum absolute atomic E-state index is 12.3. The van der Waals surface area contributed by atoms with Gasteiger partial charge < -0.3 is 14.4 Å². The average molecular weight is 337 g/mol. The molecule has 0 saturated heterocycles. The molecule has 1 heterocycles. The van der Waals surface area contributed by atoms with Crippen molar-refractivity contribution in [3.8, 4) is 5.75 Å². The van der Waals surface area contributed by atoms with E-state index >= 15 is 0 Å². The van der Waals surface area contributed by atoms with Crippen molar-refractivity contribution >= 4 is 11.5 Å². The van der Waals surface area contributed by atoms with E-state index in [9.17, 15) is 4.79 Å². The van der Waals surface area contributed by atoms with Crippen LogP contribution in [0.25, 0.3) is 0 Å². The molecule has 0 amide bonds. The molecule has 1 aliphatic carbocycles. The highest BCUT2D eigenvalue weighted by Gasteiger charge is 2.38. The number of carbonyl (C=O) groups is 1. The summed E-state index contributed by atoms with van der Waals surface area (Å²) < 4.78 is 10.5. The predicted octanol–water partition coefficient (Wildman–Crippen LogP) is 3.90. The minimum Gasteiger partial charge on any atom is -0.497 e. The Morgan fingerprint density at radius 1 is 1.12 bits per heavy atom. The third-order valence-electron chi connectivity index (χ3n) is 4.89. The molecular weight excluding hydrogens is 314 g/mol. The number of fused-ring (bicyclic) bond motifs is 1. The molecule has 1 aromatic carbocycles. The smallest absolute Gasteiger partial charge is 0.227 e. The summed E-state index contributed by atoms with van der Waals surface area (Å²) in [6, 6.07) is 6.12. The van der Waals surface area contributed by atoms with E-state index in [1.807, 2.05) is 31.3 Å². The normalized spacial score (nSPS) is 21.6. The van der Waals surface area contributed by atoms with E-state index < -0.39 is 0 Å². The van der Waals surface area contributed by atoms with E-state index in [-0.39, 0.29) is 11.2 Å². The van der Waals surface area contributed by atoms with Gasteiger partial charge in [-0.3, -0.25) is 4.79 Å². The van der Waals surface area contributed by atoms with Gasteiger partial charge in [0.15, 0.2) is 5.76 Å². The molecule has 3 rings (SSSR count). The van der Waals surface area contributed by atoms with Crippen LogP contribution in [0.4, 0.5) is 5.69 Å². The van der Waals surface area contributed by atoms with Crippen molar-refractivity contribution in [2.45, 2.75) is 19.3 Å². The number of nitrogens with zero attached hydrogens (tertiary/aromatic N) is 1. The average Bonchev–Trinajstić information content (AvgIpc) is 2.80. The lowest BCUT2D eigenvalue weighted by Crippen LogP contribution is -2.22. The standard InChI is InChI=1S/C21H23NO3/c1-21(2)16-13-15(24-4)10-11-17(16)22(3)19(21)12-9-14-7-6-8-18(25-5)20(14)23/h6-13H,1-5H3/b14-9-,19-12-. The first-order valence-corrected chi connectivity index (χ1v) is 8.22. The molecule has 0 bridgehead atoms. The van der Waals surface area contributed by atoms with Crippen LogP contribution in [0.15, 0.2) is 65.6 Å². The first kappa shape index (κ1) is 17.1. The van der Waals surface area contributed by atoms with E-state index in [0.717, 1.165) is 17.1 Å². The highest BCUT2D eigenvalue weighted by Crippen LogP contribution is 2.48. The number of benzene rings is 1. The number of ether oxygens (including phenoxy) is 2. The quantitative estimate of drug-likeness (QED) is 0.784. The van der Waals surface area contributed by atoms with Gasteiger partial charge in [-0.15, -0.1) is 0 Å². The minimum atomic E-state index is -0.183. The molecule has 4 heteroatoms. The maximum Gasteiger partial charge on any atom is 0.227 e. The molecule has 0 N–H and O–H groups in total. The van der Waals surface area contributed by atoms with Crippen molar-refractivity contribution in [3.05, 3.63) is 71.2 Å². The maximum atomic E-state index is 12.3. The van der Waals surface area contributed by atoms with Crippen LogP contribution >= 0.6 is 0 Å². The Hall–Kier alpha value is -2.75. The fourth-order valence-corrected chi connectivity index (χ4v) is 3.44. The van der Waals surface area contributed by atoms with Crippen LogP contribution in [-0.4, -0.2) is 27.1 Å². The molecule has 0 atom stereocenters. The summed E-state index contributed by atoms with van der Waals surface area (Å²) in [5.41, 5.74) is 3.92. The summed E-state index contributed by atoms with van der Waals surface area (Å²) in [6.07, 6.45) is 9.19. The van der Waals surface area contributed by atoms with Crippen molar-refractivity contribution in [1.29, 1.82) is 0 Å². The molecule has 4 nitrogen and oxygen atoms in total. The van der Waals surface area contributed by atoms with Crippen molar-refractivity contribution < 1.29 is 14.3 Å². The Morgan fingerprint density at radius 2 is 1.88 bits per heavy atom. The molecule has 0 radical (unpaired) electrons. The van der Waals surface area contributed by atoms with Crippen LogP contribution in [0, 0.1) is 0 Å². The van der Waals surface area contributed by atoms with Gasteiger partial charge in [0.2, 0.25) is 5.78 Å². The molecule has 2 aliphatic rings. The van der Waals surface area contributed by atoms with Crippen LogP contribution in [0.5, 0.6) is 5.75 Å². The number of likely N-dealkylation sites (N-methyl/N-ethyl adjacent to an activating group) is 1. The number of allylic oxidation sites excluding steroid dienone is 7. The van der Waals surface area contributed by atoms with Crippen molar-refractivity contribution in [2.24, 2.45) is 0 Å². The van der Waals surface area contributed by atoms with E-state index in [0.29, 0.717) is 11.3 Å². The van der Waals surface area contributed by atoms with Crippen LogP contribution in [-0.2, 0) is 14.9 Å². The number of anilines is 1. The predicted molar refractivity (Wildman–Crippen MR) is 99.8 cm³/mol. The first-order chi connectivity index (χ1) is 11.9. The number of hydrogen-bond donors (Lipinski definition) is 0. The number of hydrogen-bond acceptors (Lipinski definition) is 4. The SMILES string of the molecule is COC1=CC=C/C(=C/C=C2\N(C)c3ccc(OC)cc3C2(C)C)C1=O. The topological polar surface area (TPSA) is 38.8 Å². The Bertz CT molecular complexity index is 841. The largest absolute Gasteiger partial charge is 0.497 e. The molecule has 0 fully saturated rings. The number of ketones is 1. The van der Waals surface area contributed by atoms with E-state index in [4.69, 9.17) is 9.47 Å². The lowest BCUT2D eigenvalue weighted by Gasteiger charge is -2.24. The summed E-state index contributed by atoms with van der Waals surface area (Å²) in [5, 5.41) is 0. The van der Waals surface area contributed by atoms with E-state index in [2.05, 4.69) is 30.9 Å². The number of methoxy groups -OCH3 is 2. The lowest BCUT2D eigenvalue weighted by molar-refractivity contribution is -0.114. The Labute approximate surface area is 148 Å². The van der Waals surface area contributed by atoms with Gasteiger partial charge >= 0.3 is 0 Å². The second-order valence-corrected chi connectivity index (χ2v) is 6.66. The fourth-order valence-electron chi connectivity index (χ4n) is 3.44. The summed E-state index contributed by atoms with van der Waals surface area (Å²) in [7, 11) is 5.23. The van der Waals surface area contributed by atoms with Gasteiger partial charge in [0.05, 0.1) is 14.2 Å². The third-order valence-corrected chi connectivity index (χ3v) is 4.89. The van der Waals surface area contributed by atoms with E-state index in [1.54, 1.807) is 19.3 Å². The van der Waals surface area contributed by atoms with E-state index in [1.165, 1.54) is 12.7 Å². The molecular formula is C21H23NO3. The van der Waals surface area contributed by atoms with Crippen LogP contribution in [0.1, 0.15) is 19.4 Å². The number of carbonyl (C=O) groups excluding carboxylic acids is 1. The molecule has 0 unspecified atom stereocenters. The van der Waals surface area contributed by atoms with Crippen molar-refractivity contribution in [3.63, 3.8) is 0 Å². The van der Waals surface area contributed by atoms with Gasteiger partial charge in [-0.2, -0.15) is 0 Å². The van der Waals surface area contributed by atoms with Gasteiger partial charge in [0.25, 0.3) is 0 Å². The monoisotopic (exact) mass is 337 g/mol. The second-order valence-electron chi connectivity index (χ2n) is 6.66. The summed E-state index contributed by atoms with van der Waals surface area (Å²) in [6.45, 7) is 4.36. The third kappa shape index (κ3) is 2.78. The summed E-state index contributed by atoms with van der Waals surface area (Å²) >= 11 is 0. The lowest BCUT2D eigenvalue weighted by atomic mass is 9.83. The molecule has 1 aliphatic heterocycles. The first-order valence-electron chi connectivity index (χ1n) is 8.22. The molecule has 130 valence electrons. The van der Waals surface area contributed by atoms with Gasteiger partial charge in [0, 0.05) is 29.4 Å². The zero-order valence-corrected chi connectivity index (χ0v) is 15.3. The van der Waals surface area contributed by atoms with Crippen molar-refractivity contribution in [2.75, 3.05) is 26.2 Å². The second kappa shape index (κ2) is 6.28. The van der Waals surface area contributed by atoms with Crippen LogP contribution in [0.3, 0.4) is 0 Å². The summed E-state index contributed by atoms with van der Waals surface area (Å²) in [4.78, 5) is 14.5. The van der Waals surface area contributed by atoms with Gasteiger partial charge in [-0.1, -0.05) is 26.0 Å². The minimum absolute atomic E-state index is 0.0977. The van der Waals surface area contributed by atoms with Gasteiger partial charge in [0.1, 0.15) is 5.75 Å². The number of Topliss-reactive ketones (excluding diaryl/α,β-unsaturated/α-hetero) is 1. The molecule has 0 aromatic heterocycles. The summed E-state index contributed by atoms with van der Waals surface area (Å²) in [5.74, 6) is 1.11. The zero-order valence-electron chi connectivity index (χ0n) is 15.3. The molecule has 1 aromatic rings. The molecule has 0 saturated carbocycles. The highest BCUT2D eigenvalue weighted by atomic mass is 16.5. The van der Waals surface area contributed by atoms with Crippen LogP contribution in [0.2, 0.25) is 0 Å². The Balaban J connectivity index is 2.00. The number of rotatable bonds is 3. The Kier molecular flexibility index (Phi) is 4.29. The van der Waals surface area contributed by atoms with Crippen molar-refractivity contribution in [1.82, 2.24) is 0 Å². The zero-order chi connectivity index (χ0) is 18.2.